The summed E-state index contributed by atoms with van der Waals surface area (Å²) in [6, 6.07) is 4.49. The fraction of sp³-hybridized carbons (Fsp3) is 0.462. The van der Waals surface area contributed by atoms with E-state index >= 15 is 0 Å². The van der Waals surface area contributed by atoms with Crippen LogP contribution in [0.1, 0.15) is 26.7 Å². The zero-order valence-electron chi connectivity index (χ0n) is 11.5. The third-order valence-corrected chi connectivity index (χ3v) is 5.16. The molecule has 0 aliphatic heterocycles. The lowest BCUT2D eigenvalue weighted by molar-refractivity contribution is -0.119. The number of carbonyl (C=O) groups is 1. The average Bonchev–Trinajstić information content (AvgIpc) is 2.34. The summed E-state index contributed by atoms with van der Waals surface area (Å²) in [5.74, 6) is -1.09. The Kier molecular flexibility index (Phi) is 6.01. The fourth-order valence-corrected chi connectivity index (χ4v) is 3.47. The van der Waals surface area contributed by atoms with E-state index in [1.165, 1.54) is 12.1 Å². The van der Waals surface area contributed by atoms with Crippen molar-refractivity contribution < 1.29 is 13.2 Å². The molecule has 0 atom stereocenters. The highest BCUT2D eigenvalue weighted by molar-refractivity contribution is 9.10. The molecule has 0 aliphatic carbocycles. The molecule has 3 N–H and O–H groups in total. The van der Waals surface area contributed by atoms with Crippen LogP contribution in [0.5, 0.6) is 0 Å². The monoisotopic (exact) mass is 362 g/mol. The largest absolute Gasteiger partial charge is 0.398 e. The van der Waals surface area contributed by atoms with Gasteiger partial charge >= 0.3 is 0 Å². The molecule has 7 heteroatoms. The molecule has 1 amide bonds. The Morgan fingerprint density at radius 3 is 2.45 bits per heavy atom. The number of sulfone groups is 1. The van der Waals surface area contributed by atoms with Gasteiger partial charge in [-0.2, -0.15) is 0 Å². The number of anilines is 1. The molecule has 0 heterocycles. The van der Waals surface area contributed by atoms with Crippen molar-refractivity contribution in [2.45, 2.75) is 37.6 Å². The Bertz CT molecular complexity index is 583. The van der Waals surface area contributed by atoms with Crippen molar-refractivity contribution in [3.8, 4) is 0 Å². The summed E-state index contributed by atoms with van der Waals surface area (Å²) in [5, 5.41) is 2.70. The first-order valence-corrected chi connectivity index (χ1v) is 8.81. The van der Waals surface area contributed by atoms with Crippen molar-refractivity contribution in [3.63, 3.8) is 0 Å². The number of amides is 1. The molecular formula is C13H19BrN2O3S. The minimum atomic E-state index is -3.73. The molecule has 112 valence electrons. The minimum absolute atomic E-state index is 0.0000326. The molecule has 0 saturated carbocycles. The molecule has 0 saturated heterocycles. The van der Waals surface area contributed by atoms with E-state index in [-0.39, 0.29) is 16.6 Å². The number of halogens is 1. The summed E-state index contributed by atoms with van der Waals surface area (Å²) in [7, 11) is -3.73. The zero-order chi connectivity index (χ0) is 15.3. The van der Waals surface area contributed by atoms with Gasteiger partial charge in [0.25, 0.3) is 0 Å². The predicted octanol–water partition coefficient (Wildman–Crippen LogP) is 2.11. The van der Waals surface area contributed by atoms with Crippen molar-refractivity contribution in [2.24, 2.45) is 0 Å². The van der Waals surface area contributed by atoms with Gasteiger partial charge in [0, 0.05) is 10.5 Å². The SMILES string of the molecule is CCC(CC)NC(=O)CS(=O)(=O)c1ccc(Br)cc1N. The van der Waals surface area contributed by atoms with E-state index in [1.807, 2.05) is 13.8 Å². The Morgan fingerprint density at radius 1 is 1.35 bits per heavy atom. The summed E-state index contributed by atoms with van der Waals surface area (Å²) in [4.78, 5) is 11.8. The van der Waals surface area contributed by atoms with Gasteiger partial charge in [-0.25, -0.2) is 8.42 Å². The van der Waals surface area contributed by atoms with Gasteiger partial charge in [0.1, 0.15) is 5.75 Å². The number of rotatable bonds is 6. The Labute approximate surface area is 128 Å². The Hall–Kier alpha value is -1.08. The van der Waals surface area contributed by atoms with Crippen LogP contribution in [0.2, 0.25) is 0 Å². The van der Waals surface area contributed by atoms with Gasteiger partial charge in [0.2, 0.25) is 5.91 Å². The van der Waals surface area contributed by atoms with Crippen LogP contribution in [0.15, 0.2) is 27.6 Å². The van der Waals surface area contributed by atoms with E-state index in [9.17, 15) is 13.2 Å². The maximum atomic E-state index is 12.2. The van der Waals surface area contributed by atoms with Gasteiger partial charge < -0.3 is 11.1 Å². The van der Waals surface area contributed by atoms with Crippen LogP contribution in [0.3, 0.4) is 0 Å². The lowest BCUT2D eigenvalue weighted by Gasteiger charge is -2.15. The number of carbonyl (C=O) groups excluding carboxylic acids is 1. The molecule has 20 heavy (non-hydrogen) atoms. The van der Waals surface area contributed by atoms with E-state index in [1.54, 1.807) is 6.07 Å². The molecule has 0 spiro atoms. The van der Waals surface area contributed by atoms with Crippen molar-refractivity contribution >= 4 is 37.4 Å². The van der Waals surface area contributed by atoms with Gasteiger partial charge in [-0.3, -0.25) is 4.79 Å². The second-order valence-corrected chi connectivity index (χ2v) is 7.40. The standard InChI is InChI=1S/C13H19BrN2O3S/c1-3-10(4-2)16-13(17)8-20(18,19)12-6-5-9(14)7-11(12)15/h5-7,10H,3-4,8,15H2,1-2H3,(H,16,17). The van der Waals surface area contributed by atoms with Crippen LogP contribution in [0.4, 0.5) is 5.69 Å². The maximum Gasteiger partial charge on any atom is 0.235 e. The summed E-state index contributed by atoms with van der Waals surface area (Å²) in [6.07, 6.45) is 1.53. The van der Waals surface area contributed by atoms with Gasteiger partial charge in [-0.15, -0.1) is 0 Å². The minimum Gasteiger partial charge on any atom is -0.398 e. The zero-order valence-corrected chi connectivity index (χ0v) is 13.9. The van der Waals surface area contributed by atoms with Gasteiger partial charge in [-0.1, -0.05) is 29.8 Å². The van der Waals surface area contributed by atoms with E-state index in [4.69, 9.17) is 5.73 Å². The average molecular weight is 363 g/mol. The van der Waals surface area contributed by atoms with Crippen molar-refractivity contribution in [2.75, 3.05) is 11.5 Å². The molecule has 1 aromatic rings. The predicted molar refractivity (Wildman–Crippen MR) is 83.1 cm³/mol. The number of hydrogen-bond donors (Lipinski definition) is 2. The number of nitrogens with one attached hydrogen (secondary N) is 1. The highest BCUT2D eigenvalue weighted by Crippen LogP contribution is 2.23. The highest BCUT2D eigenvalue weighted by Gasteiger charge is 2.22. The van der Waals surface area contributed by atoms with E-state index in [0.29, 0.717) is 4.47 Å². The summed E-state index contributed by atoms with van der Waals surface area (Å²) < 4.78 is 25.0. The molecule has 0 radical (unpaired) electrons. The molecule has 1 aromatic carbocycles. The molecule has 0 aliphatic rings. The van der Waals surface area contributed by atoms with Crippen molar-refractivity contribution in [1.82, 2.24) is 5.32 Å². The molecular weight excluding hydrogens is 344 g/mol. The van der Waals surface area contributed by atoms with E-state index < -0.39 is 21.5 Å². The molecule has 0 unspecified atom stereocenters. The number of nitrogens with two attached hydrogens (primary N) is 1. The lowest BCUT2D eigenvalue weighted by atomic mass is 10.2. The smallest absolute Gasteiger partial charge is 0.235 e. The topological polar surface area (TPSA) is 89.3 Å². The molecule has 0 fully saturated rings. The number of hydrogen-bond acceptors (Lipinski definition) is 4. The van der Waals surface area contributed by atoms with E-state index in [2.05, 4.69) is 21.2 Å². The third-order valence-electron chi connectivity index (χ3n) is 2.98. The van der Waals surface area contributed by atoms with Crippen LogP contribution in [-0.2, 0) is 14.6 Å². The van der Waals surface area contributed by atoms with Crippen LogP contribution >= 0.6 is 15.9 Å². The molecule has 5 nitrogen and oxygen atoms in total. The first kappa shape index (κ1) is 17.0. The first-order valence-electron chi connectivity index (χ1n) is 6.37. The summed E-state index contributed by atoms with van der Waals surface area (Å²) in [6.45, 7) is 3.88. The molecule has 0 aromatic heterocycles. The summed E-state index contributed by atoms with van der Waals surface area (Å²) >= 11 is 3.21. The summed E-state index contributed by atoms with van der Waals surface area (Å²) in [5.41, 5.74) is 5.83. The van der Waals surface area contributed by atoms with Gasteiger partial charge in [0.15, 0.2) is 9.84 Å². The maximum absolute atomic E-state index is 12.2. The van der Waals surface area contributed by atoms with Gasteiger partial charge in [-0.05, 0) is 31.0 Å². The van der Waals surface area contributed by atoms with Crippen LogP contribution in [-0.4, -0.2) is 26.1 Å². The number of benzene rings is 1. The van der Waals surface area contributed by atoms with Crippen molar-refractivity contribution in [1.29, 1.82) is 0 Å². The third kappa shape index (κ3) is 4.49. The lowest BCUT2D eigenvalue weighted by Crippen LogP contribution is -2.37. The normalized spacial score (nSPS) is 11.6. The van der Waals surface area contributed by atoms with Crippen LogP contribution in [0.25, 0.3) is 0 Å². The Balaban J connectivity index is 2.87. The van der Waals surface area contributed by atoms with Gasteiger partial charge in [0.05, 0.1) is 10.6 Å². The fourth-order valence-electron chi connectivity index (χ4n) is 1.82. The van der Waals surface area contributed by atoms with E-state index in [0.717, 1.165) is 12.8 Å². The Morgan fingerprint density at radius 2 is 1.95 bits per heavy atom. The van der Waals surface area contributed by atoms with Crippen molar-refractivity contribution in [3.05, 3.63) is 22.7 Å². The molecule has 0 bridgehead atoms. The first-order chi connectivity index (χ1) is 9.30. The molecule has 1 rings (SSSR count). The van der Waals surface area contributed by atoms with Crippen LogP contribution in [0, 0.1) is 0 Å². The second-order valence-electron chi connectivity index (χ2n) is 4.52. The quantitative estimate of drug-likeness (QED) is 0.758. The second kappa shape index (κ2) is 7.08. The number of nitrogen functional groups attached to an aromatic ring is 1. The van der Waals surface area contributed by atoms with Crippen LogP contribution < -0.4 is 11.1 Å². The highest BCUT2D eigenvalue weighted by atomic mass is 79.9.